The zero-order chi connectivity index (χ0) is 22.5. The average Bonchev–Trinajstić information content (AvgIpc) is 2.77. The van der Waals surface area contributed by atoms with E-state index in [4.69, 9.17) is 38.4 Å². The Morgan fingerprint density at radius 3 is 2.52 bits per heavy atom. The summed E-state index contributed by atoms with van der Waals surface area (Å²) in [5.41, 5.74) is 6.03. The molecule has 160 valence electrons. The fourth-order valence-electron chi connectivity index (χ4n) is 2.85. The van der Waals surface area contributed by atoms with Gasteiger partial charge in [-0.3, -0.25) is 0 Å². The van der Waals surface area contributed by atoms with E-state index in [0.717, 1.165) is 11.1 Å². The number of pyridine rings is 1. The minimum atomic E-state index is -1.03. The highest BCUT2D eigenvalue weighted by Gasteiger charge is 2.26. The van der Waals surface area contributed by atoms with Crippen molar-refractivity contribution in [3.05, 3.63) is 81.5 Å². The van der Waals surface area contributed by atoms with Crippen LogP contribution in [0.3, 0.4) is 0 Å². The lowest BCUT2D eigenvalue weighted by atomic mass is 10.0. The van der Waals surface area contributed by atoms with Crippen molar-refractivity contribution in [1.29, 1.82) is 0 Å². The van der Waals surface area contributed by atoms with Crippen LogP contribution in [-0.2, 0) is 11.3 Å². The Balaban J connectivity index is 2.11. The van der Waals surface area contributed by atoms with Crippen LogP contribution in [0.2, 0.25) is 5.02 Å². The summed E-state index contributed by atoms with van der Waals surface area (Å²) in [4.78, 5) is 16.8. The van der Waals surface area contributed by atoms with Gasteiger partial charge in [-0.1, -0.05) is 53.5 Å². The molecule has 9 heteroatoms. The molecule has 2 N–H and O–H groups in total. The zero-order valence-electron chi connectivity index (χ0n) is 16.2. The molecule has 2 aromatic carbocycles. The Morgan fingerprint density at radius 2 is 1.87 bits per heavy atom. The molecule has 0 saturated heterocycles. The smallest absolute Gasteiger partial charge is 0.357 e. The number of nitrogens with two attached hydrogens (primary N) is 1. The SMILES string of the molecule is COc1c(Cl)ccc(-c2nc(C(=O)OCc3ccccc3)c(/C=C/Cl)c(N)c2F)c1F. The number of halogens is 4. The number of nitrogens with zero attached hydrogens (tertiary/aromatic N) is 1. The molecule has 0 aliphatic carbocycles. The number of ether oxygens (including phenoxy) is 2. The van der Waals surface area contributed by atoms with E-state index in [1.165, 1.54) is 25.3 Å². The molecular weight excluding hydrogens is 449 g/mol. The van der Waals surface area contributed by atoms with Gasteiger partial charge in [0.1, 0.15) is 12.3 Å². The fourth-order valence-corrected chi connectivity index (χ4v) is 3.20. The molecule has 1 aromatic heterocycles. The monoisotopic (exact) mass is 464 g/mol. The van der Waals surface area contributed by atoms with Gasteiger partial charge < -0.3 is 15.2 Å². The molecule has 0 bridgehead atoms. The van der Waals surface area contributed by atoms with Crippen molar-refractivity contribution < 1.29 is 23.0 Å². The number of carbonyl (C=O) groups is 1. The van der Waals surface area contributed by atoms with Crippen molar-refractivity contribution in [3.8, 4) is 17.0 Å². The number of carbonyl (C=O) groups excluding carboxylic acids is 1. The van der Waals surface area contributed by atoms with Gasteiger partial charge >= 0.3 is 5.97 Å². The number of hydrogen-bond donors (Lipinski definition) is 1. The number of hydrogen-bond acceptors (Lipinski definition) is 5. The van der Waals surface area contributed by atoms with Crippen molar-refractivity contribution in [3.63, 3.8) is 0 Å². The van der Waals surface area contributed by atoms with E-state index in [1.54, 1.807) is 24.3 Å². The number of rotatable bonds is 6. The predicted molar refractivity (Wildman–Crippen MR) is 116 cm³/mol. The zero-order valence-corrected chi connectivity index (χ0v) is 17.7. The van der Waals surface area contributed by atoms with Crippen LogP contribution in [0.5, 0.6) is 5.75 Å². The highest BCUT2D eigenvalue weighted by molar-refractivity contribution is 6.32. The van der Waals surface area contributed by atoms with E-state index in [9.17, 15) is 9.18 Å². The highest BCUT2D eigenvalue weighted by Crippen LogP contribution is 2.37. The predicted octanol–water partition coefficient (Wildman–Crippen LogP) is 5.84. The maximum atomic E-state index is 15.0. The topological polar surface area (TPSA) is 74.4 Å². The van der Waals surface area contributed by atoms with Gasteiger partial charge in [-0.05, 0) is 23.8 Å². The van der Waals surface area contributed by atoms with Gasteiger partial charge in [-0.25, -0.2) is 18.6 Å². The van der Waals surface area contributed by atoms with Gasteiger partial charge in [0, 0.05) is 16.7 Å². The van der Waals surface area contributed by atoms with E-state index in [-0.39, 0.29) is 34.2 Å². The van der Waals surface area contributed by atoms with Crippen LogP contribution in [0.1, 0.15) is 21.6 Å². The molecule has 0 atom stereocenters. The molecule has 0 radical (unpaired) electrons. The minimum Gasteiger partial charge on any atom is -0.492 e. The van der Waals surface area contributed by atoms with Gasteiger partial charge in [-0.15, -0.1) is 0 Å². The lowest BCUT2D eigenvalue weighted by molar-refractivity contribution is 0.0465. The Kier molecular flexibility index (Phi) is 7.09. The molecule has 31 heavy (non-hydrogen) atoms. The van der Waals surface area contributed by atoms with E-state index in [1.807, 2.05) is 6.07 Å². The summed E-state index contributed by atoms with van der Waals surface area (Å²) in [6.45, 7) is -0.0544. The molecule has 3 rings (SSSR count). The summed E-state index contributed by atoms with van der Waals surface area (Å²) in [7, 11) is 1.22. The van der Waals surface area contributed by atoms with Crippen LogP contribution >= 0.6 is 23.2 Å². The molecule has 5 nitrogen and oxygen atoms in total. The molecule has 0 amide bonds. The summed E-state index contributed by atoms with van der Waals surface area (Å²) in [6, 6.07) is 11.4. The highest BCUT2D eigenvalue weighted by atomic mass is 35.5. The van der Waals surface area contributed by atoms with Crippen molar-refractivity contribution >= 4 is 40.9 Å². The van der Waals surface area contributed by atoms with Crippen molar-refractivity contribution in [2.24, 2.45) is 0 Å². The van der Waals surface area contributed by atoms with Crippen molar-refractivity contribution in [1.82, 2.24) is 4.98 Å². The number of esters is 1. The third-order valence-electron chi connectivity index (χ3n) is 4.36. The van der Waals surface area contributed by atoms with Gasteiger partial charge in [0.05, 0.1) is 17.8 Å². The third-order valence-corrected chi connectivity index (χ3v) is 4.78. The van der Waals surface area contributed by atoms with Gasteiger partial charge in [0.2, 0.25) is 0 Å². The molecule has 0 saturated carbocycles. The quantitative estimate of drug-likeness (QED) is 0.464. The molecular formula is C22H16Cl2F2N2O3. The van der Waals surface area contributed by atoms with E-state index in [2.05, 4.69) is 4.98 Å². The molecule has 0 fully saturated rings. The summed E-state index contributed by atoms with van der Waals surface area (Å²) < 4.78 is 40.1. The Morgan fingerprint density at radius 1 is 1.16 bits per heavy atom. The van der Waals surface area contributed by atoms with Crippen LogP contribution in [-0.4, -0.2) is 18.1 Å². The number of aromatic nitrogens is 1. The third kappa shape index (κ3) is 4.62. The van der Waals surface area contributed by atoms with E-state index < -0.39 is 29.0 Å². The molecule has 0 aliphatic rings. The van der Waals surface area contributed by atoms with Gasteiger partial charge in [0.25, 0.3) is 0 Å². The Hall–Kier alpha value is -3.16. The lowest BCUT2D eigenvalue weighted by Gasteiger charge is -2.15. The van der Waals surface area contributed by atoms with E-state index >= 15 is 4.39 Å². The molecule has 0 unspecified atom stereocenters. The first-order chi connectivity index (χ1) is 14.9. The van der Waals surface area contributed by atoms with E-state index in [0.29, 0.717) is 0 Å². The van der Waals surface area contributed by atoms with Crippen LogP contribution in [0.25, 0.3) is 17.3 Å². The first kappa shape index (κ1) is 22.5. The summed E-state index contributed by atoms with van der Waals surface area (Å²) in [6.07, 6.45) is 1.20. The Labute approximate surface area is 187 Å². The second kappa shape index (κ2) is 9.76. The van der Waals surface area contributed by atoms with Crippen LogP contribution < -0.4 is 10.5 Å². The molecule has 3 aromatic rings. The standard InChI is InChI=1S/C22H16Cl2F2N2O3/c1-30-21-15(24)8-7-13(16(21)25)19-17(26)18(27)14(9-10-23)20(28-19)22(29)31-11-12-5-3-2-4-6-12/h2-10H,11H2,1H3,(H2,27,28)/b10-9+. The Bertz CT molecular complexity index is 1160. The second-order valence-corrected chi connectivity index (χ2v) is 6.91. The molecule has 0 spiro atoms. The second-order valence-electron chi connectivity index (χ2n) is 6.25. The number of benzene rings is 2. The molecule has 1 heterocycles. The van der Waals surface area contributed by atoms with Crippen LogP contribution in [0, 0.1) is 11.6 Å². The lowest BCUT2D eigenvalue weighted by Crippen LogP contribution is -2.14. The largest absolute Gasteiger partial charge is 0.492 e. The van der Waals surface area contributed by atoms with Crippen molar-refractivity contribution in [2.75, 3.05) is 12.8 Å². The summed E-state index contributed by atoms with van der Waals surface area (Å²) in [5.74, 6) is -3.17. The summed E-state index contributed by atoms with van der Waals surface area (Å²) in [5, 5.41) is -0.0127. The maximum absolute atomic E-state index is 15.0. The first-order valence-electron chi connectivity index (χ1n) is 8.88. The average molecular weight is 465 g/mol. The van der Waals surface area contributed by atoms with Gasteiger partial charge in [0.15, 0.2) is 23.1 Å². The van der Waals surface area contributed by atoms with Crippen LogP contribution in [0.15, 0.2) is 48.0 Å². The summed E-state index contributed by atoms with van der Waals surface area (Å²) >= 11 is 11.5. The number of nitrogen functional groups attached to an aromatic ring is 1. The van der Waals surface area contributed by atoms with Crippen molar-refractivity contribution in [2.45, 2.75) is 6.61 Å². The molecule has 0 aliphatic heterocycles. The maximum Gasteiger partial charge on any atom is 0.357 e. The minimum absolute atomic E-state index is 0.0127. The normalized spacial score (nSPS) is 11.0. The van der Waals surface area contributed by atoms with Crippen LogP contribution in [0.4, 0.5) is 14.5 Å². The van der Waals surface area contributed by atoms with Gasteiger partial charge in [-0.2, -0.15) is 0 Å². The fraction of sp³-hybridized carbons (Fsp3) is 0.0909. The number of methoxy groups -OCH3 is 1. The number of anilines is 1. The first-order valence-corrected chi connectivity index (χ1v) is 9.69.